The zero-order valence-electron chi connectivity index (χ0n) is 14.9. The number of anilines is 1. The van der Waals surface area contributed by atoms with E-state index in [2.05, 4.69) is 20.2 Å². The Balaban J connectivity index is 1.55. The van der Waals surface area contributed by atoms with Gasteiger partial charge in [0, 0.05) is 51.6 Å². The van der Waals surface area contributed by atoms with Crippen molar-refractivity contribution in [3.8, 4) is 0 Å². The molecule has 1 saturated heterocycles. The standard InChI is InChI=1S/C18H24N6O/c1-13-10-14(12-19-11-13)4-5-16(25)24-8-6-15(7-9-24)17-20-18(22-21-17)23(2)3/h4-5,10-12,15H,6-9H2,1-3H3,(H,20,21,22). The summed E-state index contributed by atoms with van der Waals surface area (Å²) in [4.78, 5) is 24.8. The molecule has 1 amide bonds. The Hall–Kier alpha value is -2.70. The van der Waals surface area contributed by atoms with Crippen molar-refractivity contribution in [2.24, 2.45) is 0 Å². The fourth-order valence-corrected chi connectivity index (χ4v) is 2.96. The molecule has 2 aromatic rings. The molecule has 1 fully saturated rings. The molecule has 0 spiro atoms. The van der Waals surface area contributed by atoms with Crippen molar-refractivity contribution < 1.29 is 4.79 Å². The molecule has 3 rings (SSSR count). The molecule has 1 N–H and O–H groups in total. The maximum Gasteiger partial charge on any atom is 0.246 e. The first-order valence-corrected chi connectivity index (χ1v) is 8.51. The molecule has 7 heteroatoms. The summed E-state index contributed by atoms with van der Waals surface area (Å²) in [5, 5.41) is 7.23. The van der Waals surface area contributed by atoms with Crippen LogP contribution >= 0.6 is 0 Å². The number of H-pyrrole nitrogens is 1. The molecule has 2 aromatic heterocycles. The Morgan fingerprint density at radius 2 is 2.08 bits per heavy atom. The molecule has 132 valence electrons. The van der Waals surface area contributed by atoms with Crippen molar-refractivity contribution in [2.75, 3.05) is 32.1 Å². The van der Waals surface area contributed by atoms with Gasteiger partial charge in [0.15, 0.2) is 0 Å². The van der Waals surface area contributed by atoms with Crippen LogP contribution in [0.1, 0.15) is 35.7 Å². The number of aryl methyl sites for hydroxylation is 1. The summed E-state index contributed by atoms with van der Waals surface area (Å²) in [6.45, 7) is 3.46. The topological polar surface area (TPSA) is 78.0 Å². The molecule has 0 radical (unpaired) electrons. The van der Waals surface area contributed by atoms with Crippen LogP contribution in [0.15, 0.2) is 24.5 Å². The molecule has 0 atom stereocenters. The minimum Gasteiger partial charge on any atom is -0.346 e. The molecule has 7 nitrogen and oxygen atoms in total. The quantitative estimate of drug-likeness (QED) is 0.861. The van der Waals surface area contributed by atoms with Gasteiger partial charge in [0.05, 0.1) is 0 Å². The van der Waals surface area contributed by atoms with Crippen LogP contribution in [0.2, 0.25) is 0 Å². The molecule has 0 unspecified atom stereocenters. The smallest absolute Gasteiger partial charge is 0.246 e. The third kappa shape index (κ3) is 4.23. The number of carbonyl (C=O) groups is 1. The molecule has 0 saturated carbocycles. The second-order valence-corrected chi connectivity index (χ2v) is 6.64. The Kier molecular flexibility index (Phi) is 5.11. The lowest BCUT2D eigenvalue weighted by Gasteiger charge is -2.30. The Bertz CT molecular complexity index is 758. The maximum absolute atomic E-state index is 12.4. The SMILES string of the molecule is Cc1cncc(C=CC(=O)N2CCC(c3nc(N(C)C)n[nH]3)CC2)c1. The average molecular weight is 340 g/mol. The highest BCUT2D eigenvalue weighted by molar-refractivity contribution is 5.91. The number of amides is 1. The first-order chi connectivity index (χ1) is 12.0. The largest absolute Gasteiger partial charge is 0.346 e. The number of likely N-dealkylation sites (tertiary alicyclic amines) is 1. The summed E-state index contributed by atoms with van der Waals surface area (Å²) < 4.78 is 0. The molecular formula is C18H24N6O. The highest BCUT2D eigenvalue weighted by Crippen LogP contribution is 2.26. The number of aromatic nitrogens is 4. The van der Waals surface area contributed by atoms with Crippen molar-refractivity contribution in [3.05, 3.63) is 41.5 Å². The van der Waals surface area contributed by atoms with Crippen LogP contribution in [-0.4, -0.2) is 58.2 Å². The van der Waals surface area contributed by atoms with E-state index in [1.165, 1.54) is 0 Å². The minimum absolute atomic E-state index is 0.0477. The van der Waals surface area contributed by atoms with E-state index >= 15 is 0 Å². The highest BCUT2D eigenvalue weighted by Gasteiger charge is 2.25. The highest BCUT2D eigenvalue weighted by atomic mass is 16.2. The molecule has 0 aliphatic carbocycles. The van der Waals surface area contributed by atoms with Gasteiger partial charge < -0.3 is 9.80 Å². The third-order valence-electron chi connectivity index (χ3n) is 4.40. The zero-order valence-corrected chi connectivity index (χ0v) is 14.9. The minimum atomic E-state index is 0.0477. The second kappa shape index (κ2) is 7.46. The Morgan fingerprint density at radius 3 is 2.72 bits per heavy atom. The number of rotatable bonds is 4. The second-order valence-electron chi connectivity index (χ2n) is 6.64. The van der Waals surface area contributed by atoms with E-state index in [1.807, 2.05) is 43.0 Å². The van der Waals surface area contributed by atoms with Crippen molar-refractivity contribution >= 4 is 17.9 Å². The molecule has 1 aliphatic heterocycles. The molecule has 1 aliphatic rings. The van der Waals surface area contributed by atoms with Crippen molar-refractivity contribution in [2.45, 2.75) is 25.7 Å². The lowest BCUT2D eigenvalue weighted by molar-refractivity contribution is -0.127. The van der Waals surface area contributed by atoms with Crippen molar-refractivity contribution in [3.63, 3.8) is 0 Å². The van der Waals surface area contributed by atoms with E-state index in [-0.39, 0.29) is 5.91 Å². The first-order valence-electron chi connectivity index (χ1n) is 8.51. The van der Waals surface area contributed by atoms with Gasteiger partial charge in [0.1, 0.15) is 5.82 Å². The number of hydrogen-bond donors (Lipinski definition) is 1. The fraction of sp³-hybridized carbons (Fsp3) is 0.444. The van der Waals surface area contributed by atoms with Crippen molar-refractivity contribution in [1.29, 1.82) is 0 Å². The number of aromatic amines is 1. The zero-order chi connectivity index (χ0) is 17.8. The van der Waals surface area contributed by atoms with Crippen LogP contribution in [0.4, 0.5) is 5.95 Å². The normalized spacial score (nSPS) is 15.7. The van der Waals surface area contributed by atoms with Gasteiger partial charge in [-0.2, -0.15) is 4.98 Å². The van der Waals surface area contributed by atoms with Crippen LogP contribution in [0, 0.1) is 6.92 Å². The summed E-state index contributed by atoms with van der Waals surface area (Å²) >= 11 is 0. The molecule has 3 heterocycles. The summed E-state index contributed by atoms with van der Waals surface area (Å²) in [6, 6.07) is 2.01. The van der Waals surface area contributed by atoms with Crippen LogP contribution < -0.4 is 4.90 Å². The Labute approximate surface area is 147 Å². The van der Waals surface area contributed by atoms with Gasteiger partial charge in [-0.25, -0.2) is 0 Å². The predicted octanol–water partition coefficient (Wildman–Crippen LogP) is 1.99. The van der Waals surface area contributed by atoms with E-state index in [0.29, 0.717) is 11.9 Å². The van der Waals surface area contributed by atoms with E-state index in [9.17, 15) is 4.79 Å². The number of carbonyl (C=O) groups excluding carboxylic acids is 1. The molecular weight excluding hydrogens is 316 g/mol. The number of hydrogen-bond acceptors (Lipinski definition) is 5. The summed E-state index contributed by atoms with van der Waals surface area (Å²) in [5.41, 5.74) is 2.03. The monoisotopic (exact) mass is 340 g/mol. The van der Waals surface area contributed by atoms with Crippen LogP contribution in [0.3, 0.4) is 0 Å². The van der Waals surface area contributed by atoms with Crippen LogP contribution in [0.25, 0.3) is 6.08 Å². The van der Waals surface area contributed by atoms with Gasteiger partial charge in [-0.1, -0.05) is 0 Å². The van der Waals surface area contributed by atoms with E-state index in [4.69, 9.17) is 0 Å². The molecule has 25 heavy (non-hydrogen) atoms. The van der Waals surface area contributed by atoms with Gasteiger partial charge in [-0.05, 0) is 43.0 Å². The van der Waals surface area contributed by atoms with Gasteiger partial charge in [-0.3, -0.25) is 14.9 Å². The average Bonchev–Trinajstić information content (AvgIpc) is 3.10. The maximum atomic E-state index is 12.4. The van der Waals surface area contributed by atoms with E-state index in [0.717, 1.165) is 42.9 Å². The fourth-order valence-electron chi connectivity index (χ4n) is 2.96. The van der Waals surface area contributed by atoms with Gasteiger partial charge in [-0.15, -0.1) is 5.10 Å². The first kappa shape index (κ1) is 17.1. The summed E-state index contributed by atoms with van der Waals surface area (Å²) in [5.74, 6) is 1.99. The molecule has 0 aromatic carbocycles. The van der Waals surface area contributed by atoms with Gasteiger partial charge >= 0.3 is 0 Å². The van der Waals surface area contributed by atoms with Gasteiger partial charge in [0.25, 0.3) is 0 Å². The lowest BCUT2D eigenvalue weighted by Crippen LogP contribution is -2.37. The van der Waals surface area contributed by atoms with Crippen molar-refractivity contribution in [1.82, 2.24) is 25.1 Å². The number of nitrogens with one attached hydrogen (secondary N) is 1. The molecule has 0 bridgehead atoms. The number of piperidine rings is 1. The summed E-state index contributed by atoms with van der Waals surface area (Å²) in [7, 11) is 3.84. The van der Waals surface area contributed by atoms with Crippen LogP contribution in [0.5, 0.6) is 0 Å². The predicted molar refractivity (Wildman–Crippen MR) is 97.3 cm³/mol. The van der Waals surface area contributed by atoms with Crippen LogP contribution in [-0.2, 0) is 4.79 Å². The lowest BCUT2D eigenvalue weighted by atomic mass is 9.96. The number of nitrogens with zero attached hydrogens (tertiary/aromatic N) is 5. The van der Waals surface area contributed by atoms with Gasteiger partial charge in [0.2, 0.25) is 11.9 Å². The third-order valence-corrected chi connectivity index (χ3v) is 4.40. The van der Waals surface area contributed by atoms with E-state index < -0.39 is 0 Å². The summed E-state index contributed by atoms with van der Waals surface area (Å²) in [6.07, 6.45) is 8.81. The Morgan fingerprint density at radius 1 is 1.32 bits per heavy atom. The van der Waals surface area contributed by atoms with E-state index in [1.54, 1.807) is 18.5 Å². The number of pyridine rings is 1.